The van der Waals surface area contributed by atoms with E-state index in [9.17, 15) is 14.4 Å². The summed E-state index contributed by atoms with van der Waals surface area (Å²) >= 11 is 1.43. The zero-order chi connectivity index (χ0) is 21.3. The Morgan fingerprint density at radius 2 is 1.70 bits per heavy atom. The van der Waals surface area contributed by atoms with Crippen molar-refractivity contribution in [3.63, 3.8) is 0 Å². The number of nitrogens with one attached hydrogen (secondary N) is 1. The lowest BCUT2D eigenvalue weighted by molar-refractivity contribution is -0.122. The van der Waals surface area contributed by atoms with E-state index in [2.05, 4.69) is 5.32 Å². The van der Waals surface area contributed by atoms with Crippen molar-refractivity contribution < 1.29 is 18.8 Å². The first-order valence-corrected chi connectivity index (χ1v) is 10.0. The van der Waals surface area contributed by atoms with Gasteiger partial charge in [-0.3, -0.25) is 14.9 Å². The molecule has 150 valence electrons. The molecule has 2 heterocycles. The fraction of sp³-hybridized carbons (Fsp3) is 0.0870. The quantitative estimate of drug-likeness (QED) is 0.490. The number of urea groups is 1. The van der Waals surface area contributed by atoms with Crippen molar-refractivity contribution in [1.82, 2.24) is 5.32 Å². The summed E-state index contributed by atoms with van der Waals surface area (Å²) in [4.78, 5) is 39.5. The number of amides is 4. The van der Waals surface area contributed by atoms with Gasteiger partial charge in [-0.1, -0.05) is 41.6 Å². The lowest BCUT2D eigenvalue weighted by atomic mass is 10.1. The van der Waals surface area contributed by atoms with Gasteiger partial charge >= 0.3 is 6.03 Å². The molecular formula is C23H18N2O4S. The van der Waals surface area contributed by atoms with Crippen molar-refractivity contribution in [3.05, 3.63) is 83.1 Å². The average Bonchev–Trinajstić information content (AvgIpc) is 3.14. The largest absolute Gasteiger partial charge is 0.450 e. The standard InChI is InChI=1S/C23H18N2O4S/c1-14-6-9-18(10-7-14)30-20-11-8-17(29-20)13-19-21(26)24-23(28)25(22(19)27)16-5-3-4-15(2)12-16/h3-13H,1-2H3,(H,24,26,28)/b19-13-. The zero-order valence-electron chi connectivity index (χ0n) is 16.3. The van der Waals surface area contributed by atoms with Crippen LogP contribution in [0.15, 0.2) is 80.6 Å². The van der Waals surface area contributed by atoms with Gasteiger partial charge in [-0.15, -0.1) is 0 Å². The van der Waals surface area contributed by atoms with E-state index < -0.39 is 17.8 Å². The summed E-state index contributed by atoms with van der Waals surface area (Å²) in [6, 6.07) is 17.6. The molecule has 30 heavy (non-hydrogen) atoms. The molecule has 0 atom stereocenters. The van der Waals surface area contributed by atoms with Crippen LogP contribution >= 0.6 is 11.8 Å². The zero-order valence-corrected chi connectivity index (χ0v) is 17.2. The summed E-state index contributed by atoms with van der Waals surface area (Å²) in [6.45, 7) is 3.87. The van der Waals surface area contributed by atoms with Crippen LogP contribution < -0.4 is 10.2 Å². The van der Waals surface area contributed by atoms with E-state index in [0.29, 0.717) is 16.5 Å². The predicted octanol–water partition coefficient (Wildman–Crippen LogP) is 4.71. The molecule has 1 N–H and O–H groups in total. The van der Waals surface area contributed by atoms with Gasteiger partial charge in [0.05, 0.1) is 5.69 Å². The molecule has 0 spiro atoms. The normalized spacial score (nSPS) is 15.6. The molecule has 1 aromatic heterocycles. The molecular weight excluding hydrogens is 400 g/mol. The van der Waals surface area contributed by atoms with Crippen LogP contribution in [0.5, 0.6) is 0 Å². The Morgan fingerprint density at radius 3 is 2.43 bits per heavy atom. The first kappa shape index (κ1) is 19.7. The van der Waals surface area contributed by atoms with Gasteiger partial charge in [0.1, 0.15) is 11.3 Å². The number of imide groups is 2. The van der Waals surface area contributed by atoms with Gasteiger partial charge in [0.15, 0.2) is 5.09 Å². The molecule has 6 nitrogen and oxygen atoms in total. The van der Waals surface area contributed by atoms with Crippen molar-refractivity contribution in [3.8, 4) is 0 Å². The number of benzene rings is 2. The van der Waals surface area contributed by atoms with Gasteiger partial charge in [-0.2, -0.15) is 0 Å². The Labute approximate surface area is 177 Å². The molecule has 1 saturated heterocycles. The van der Waals surface area contributed by atoms with Crippen LogP contribution in [0.2, 0.25) is 0 Å². The molecule has 1 aliphatic heterocycles. The molecule has 0 aliphatic carbocycles. The number of carbonyl (C=O) groups excluding carboxylic acids is 3. The Bertz CT molecular complexity index is 1180. The number of hydrogen-bond donors (Lipinski definition) is 1. The molecule has 2 aromatic carbocycles. The van der Waals surface area contributed by atoms with E-state index in [-0.39, 0.29) is 5.57 Å². The van der Waals surface area contributed by atoms with Gasteiger partial charge in [0, 0.05) is 4.90 Å². The van der Waals surface area contributed by atoms with E-state index in [1.54, 1.807) is 30.3 Å². The second-order valence-electron chi connectivity index (χ2n) is 6.87. The Kier molecular flexibility index (Phi) is 5.29. The van der Waals surface area contributed by atoms with Gasteiger partial charge in [-0.05, 0) is 61.9 Å². The lowest BCUT2D eigenvalue weighted by Gasteiger charge is -2.26. The number of aryl methyl sites for hydroxylation is 2. The number of barbiturate groups is 1. The second kappa shape index (κ2) is 8.04. The van der Waals surface area contributed by atoms with Gasteiger partial charge in [0.2, 0.25) is 0 Å². The molecule has 0 radical (unpaired) electrons. The highest BCUT2D eigenvalue weighted by atomic mass is 32.2. The van der Waals surface area contributed by atoms with Gasteiger partial charge in [-0.25, -0.2) is 9.69 Å². The molecule has 1 fully saturated rings. The van der Waals surface area contributed by atoms with E-state index in [0.717, 1.165) is 15.4 Å². The second-order valence-corrected chi connectivity index (χ2v) is 7.95. The highest BCUT2D eigenvalue weighted by Crippen LogP contribution is 2.30. The Hall–Kier alpha value is -3.58. The highest BCUT2D eigenvalue weighted by molar-refractivity contribution is 7.99. The van der Waals surface area contributed by atoms with Crippen LogP contribution in [0.3, 0.4) is 0 Å². The number of anilines is 1. The van der Waals surface area contributed by atoms with E-state index in [4.69, 9.17) is 4.42 Å². The summed E-state index contributed by atoms with van der Waals surface area (Å²) in [5, 5.41) is 2.84. The van der Waals surface area contributed by atoms with Crippen molar-refractivity contribution in [1.29, 1.82) is 0 Å². The molecule has 4 rings (SSSR count). The number of rotatable bonds is 4. The molecule has 3 aromatic rings. The van der Waals surface area contributed by atoms with Crippen LogP contribution in [-0.4, -0.2) is 17.8 Å². The number of hydrogen-bond acceptors (Lipinski definition) is 5. The van der Waals surface area contributed by atoms with Crippen molar-refractivity contribution in [2.75, 3.05) is 4.90 Å². The topological polar surface area (TPSA) is 79.6 Å². The van der Waals surface area contributed by atoms with Crippen molar-refractivity contribution in [2.45, 2.75) is 23.8 Å². The minimum atomic E-state index is -0.775. The van der Waals surface area contributed by atoms with Crippen LogP contribution in [0.25, 0.3) is 6.08 Å². The third kappa shape index (κ3) is 4.06. The Morgan fingerprint density at radius 1 is 0.933 bits per heavy atom. The SMILES string of the molecule is Cc1ccc(Sc2ccc(/C=C3/C(=O)NC(=O)N(c4cccc(C)c4)C3=O)o2)cc1. The third-order valence-electron chi connectivity index (χ3n) is 4.49. The van der Waals surface area contributed by atoms with Crippen molar-refractivity contribution in [2.24, 2.45) is 0 Å². The van der Waals surface area contributed by atoms with Crippen LogP contribution in [0, 0.1) is 13.8 Å². The minimum absolute atomic E-state index is 0.169. The third-order valence-corrected chi connectivity index (χ3v) is 5.42. The summed E-state index contributed by atoms with van der Waals surface area (Å²) in [5.74, 6) is -1.10. The number of nitrogens with zero attached hydrogens (tertiary/aromatic N) is 1. The molecule has 1 aliphatic rings. The van der Waals surface area contributed by atoms with Crippen molar-refractivity contribution >= 4 is 41.4 Å². The minimum Gasteiger partial charge on any atom is -0.450 e. The molecule has 4 amide bonds. The van der Waals surface area contributed by atoms with Crippen LogP contribution in [0.1, 0.15) is 16.9 Å². The molecule has 0 bridgehead atoms. The summed E-state index contributed by atoms with van der Waals surface area (Å²) in [7, 11) is 0. The molecule has 0 saturated carbocycles. The smallest absolute Gasteiger partial charge is 0.335 e. The van der Waals surface area contributed by atoms with E-state index in [1.165, 1.54) is 23.4 Å². The van der Waals surface area contributed by atoms with Crippen LogP contribution in [-0.2, 0) is 9.59 Å². The number of carbonyl (C=O) groups is 3. The first-order chi connectivity index (χ1) is 14.4. The molecule has 0 unspecified atom stereocenters. The lowest BCUT2D eigenvalue weighted by Crippen LogP contribution is -2.54. The maximum atomic E-state index is 12.9. The van der Waals surface area contributed by atoms with E-state index >= 15 is 0 Å². The summed E-state index contributed by atoms with van der Waals surface area (Å²) < 4.78 is 5.76. The maximum absolute atomic E-state index is 12.9. The van der Waals surface area contributed by atoms with Crippen LogP contribution in [0.4, 0.5) is 10.5 Å². The maximum Gasteiger partial charge on any atom is 0.335 e. The highest BCUT2D eigenvalue weighted by Gasteiger charge is 2.37. The van der Waals surface area contributed by atoms with Gasteiger partial charge in [0.25, 0.3) is 11.8 Å². The average molecular weight is 418 g/mol. The summed E-state index contributed by atoms with van der Waals surface area (Å²) in [6.07, 6.45) is 1.35. The monoisotopic (exact) mass is 418 g/mol. The fourth-order valence-corrected chi connectivity index (χ4v) is 3.77. The fourth-order valence-electron chi connectivity index (χ4n) is 2.99. The molecule has 7 heteroatoms. The van der Waals surface area contributed by atoms with E-state index in [1.807, 2.05) is 44.2 Å². The first-order valence-electron chi connectivity index (χ1n) is 9.23. The predicted molar refractivity (Wildman–Crippen MR) is 114 cm³/mol. The van der Waals surface area contributed by atoms with Gasteiger partial charge < -0.3 is 4.42 Å². The number of furan rings is 1. The Balaban J connectivity index is 1.60. The summed E-state index contributed by atoms with van der Waals surface area (Å²) in [5.41, 5.74) is 2.28.